The van der Waals surface area contributed by atoms with Crippen LogP contribution in [-0.4, -0.2) is 39.0 Å². The number of nitrogens with zero attached hydrogens (tertiary/aromatic N) is 1. The highest BCUT2D eigenvalue weighted by molar-refractivity contribution is 6.74. The largest absolute Gasteiger partial charge is 0.413 e. The molecule has 0 saturated carbocycles. The minimum absolute atomic E-state index is 0.292. The maximum Gasteiger partial charge on any atom is 0.192 e. The number of fused-ring (bicyclic) bond motifs is 2. The van der Waals surface area contributed by atoms with Gasteiger partial charge in [-0.05, 0) is 62.5 Å². The number of hydrogen-bond donors (Lipinski definition) is 0. The molecule has 0 aliphatic carbocycles. The maximum absolute atomic E-state index is 6.17. The molecule has 0 N–H and O–H groups in total. The first kappa shape index (κ1) is 16.0. The van der Waals surface area contributed by atoms with Gasteiger partial charge in [0.1, 0.15) is 0 Å². The van der Waals surface area contributed by atoms with Gasteiger partial charge in [0.15, 0.2) is 8.32 Å². The predicted molar refractivity (Wildman–Crippen MR) is 88.6 cm³/mol. The van der Waals surface area contributed by atoms with Gasteiger partial charge in [0.25, 0.3) is 0 Å². The highest BCUT2D eigenvalue weighted by Crippen LogP contribution is 2.37. The van der Waals surface area contributed by atoms with Gasteiger partial charge in [-0.15, -0.1) is 5.73 Å². The van der Waals surface area contributed by atoms with Gasteiger partial charge in [0, 0.05) is 12.1 Å². The number of hydrogen-bond acceptors (Lipinski definition) is 2. The topological polar surface area (TPSA) is 12.5 Å². The highest BCUT2D eigenvalue weighted by Gasteiger charge is 2.37. The van der Waals surface area contributed by atoms with E-state index in [1.54, 1.807) is 0 Å². The Morgan fingerprint density at radius 1 is 1.25 bits per heavy atom. The van der Waals surface area contributed by atoms with Gasteiger partial charge < -0.3 is 4.43 Å². The van der Waals surface area contributed by atoms with Crippen molar-refractivity contribution in [1.29, 1.82) is 0 Å². The summed E-state index contributed by atoms with van der Waals surface area (Å²) >= 11 is 0. The van der Waals surface area contributed by atoms with Gasteiger partial charge in [-0.3, -0.25) is 4.90 Å². The van der Waals surface area contributed by atoms with Crippen LogP contribution in [0.15, 0.2) is 17.4 Å². The fourth-order valence-electron chi connectivity index (χ4n) is 3.00. The van der Waals surface area contributed by atoms with Gasteiger partial charge in [-0.2, -0.15) is 0 Å². The van der Waals surface area contributed by atoms with Crippen molar-refractivity contribution in [2.75, 3.05) is 13.7 Å². The Kier molecular flexibility index (Phi) is 4.65. The van der Waals surface area contributed by atoms with Crippen molar-refractivity contribution in [3.63, 3.8) is 0 Å². The van der Waals surface area contributed by atoms with Crippen LogP contribution < -0.4 is 0 Å². The van der Waals surface area contributed by atoms with Gasteiger partial charge in [-0.25, -0.2) is 0 Å². The molecule has 2 unspecified atom stereocenters. The lowest BCUT2D eigenvalue weighted by Gasteiger charge is -2.35. The van der Waals surface area contributed by atoms with E-state index in [4.69, 9.17) is 4.43 Å². The van der Waals surface area contributed by atoms with Crippen molar-refractivity contribution >= 4 is 8.32 Å². The summed E-state index contributed by atoms with van der Waals surface area (Å²) in [5.41, 5.74) is 5.04. The van der Waals surface area contributed by atoms with Crippen LogP contribution in [0.4, 0.5) is 0 Å². The fourth-order valence-corrected chi connectivity index (χ4v) is 3.94. The summed E-state index contributed by atoms with van der Waals surface area (Å²) in [6, 6.07) is 1.54. The lowest BCUT2D eigenvalue weighted by Crippen LogP contribution is -2.40. The van der Waals surface area contributed by atoms with Crippen LogP contribution >= 0.6 is 0 Å². The summed E-state index contributed by atoms with van der Waals surface area (Å²) in [4.78, 5) is 2.57. The van der Waals surface area contributed by atoms with Crippen molar-refractivity contribution < 1.29 is 4.43 Å². The Morgan fingerprint density at radius 3 is 2.30 bits per heavy atom. The molecule has 3 heteroatoms. The lowest BCUT2D eigenvalue weighted by molar-refractivity contribution is 0.210. The zero-order chi connectivity index (χ0) is 15.0. The van der Waals surface area contributed by atoms with Crippen LogP contribution in [0.1, 0.15) is 46.5 Å². The molecule has 2 aliphatic heterocycles. The van der Waals surface area contributed by atoms with E-state index < -0.39 is 8.32 Å². The third-order valence-corrected chi connectivity index (χ3v) is 10.1. The SMILES string of the molecule is CN1C2CCC1CC(=C=CCO[Si](C)(C)C(C)(C)C)C2. The monoisotopic (exact) mass is 293 g/mol. The molecule has 0 amide bonds. The molecular formula is C17H31NOSi. The van der Waals surface area contributed by atoms with Crippen LogP contribution in [0.3, 0.4) is 0 Å². The molecule has 2 bridgehead atoms. The molecule has 2 nitrogen and oxygen atoms in total. The Labute approximate surface area is 126 Å². The number of rotatable bonds is 3. The third kappa shape index (κ3) is 3.45. The van der Waals surface area contributed by atoms with Crippen molar-refractivity contribution in [2.45, 2.75) is 76.7 Å². The fraction of sp³-hybridized carbons (Fsp3) is 0.824. The van der Waals surface area contributed by atoms with Crippen molar-refractivity contribution in [2.24, 2.45) is 0 Å². The van der Waals surface area contributed by atoms with Crippen LogP contribution in [0.2, 0.25) is 18.1 Å². The van der Waals surface area contributed by atoms with Crippen LogP contribution in [0.5, 0.6) is 0 Å². The summed E-state index contributed by atoms with van der Waals surface area (Å²) in [6.45, 7) is 12.2. The Morgan fingerprint density at radius 2 is 1.80 bits per heavy atom. The van der Waals surface area contributed by atoms with E-state index in [0.29, 0.717) is 5.04 Å². The summed E-state index contributed by atoms with van der Waals surface area (Å²) in [5, 5.41) is 0.292. The molecule has 0 aromatic carbocycles. The summed E-state index contributed by atoms with van der Waals surface area (Å²) in [7, 11) is 0.675. The van der Waals surface area contributed by atoms with Crippen LogP contribution in [-0.2, 0) is 4.43 Å². The Balaban J connectivity index is 1.90. The Hall–Kier alpha value is -0.343. The van der Waals surface area contributed by atoms with Gasteiger partial charge in [-0.1, -0.05) is 20.8 Å². The average molecular weight is 294 g/mol. The van der Waals surface area contributed by atoms with Gasteiger partial charge in [0.05, 0.1) is 6.61 Å². The van der Waals surface area contributed by atoms with Gasteiger partial charge in [0.2, 0.25) is 0 Å². The zero-order valence-electron chi connectivity index (χ0n) is 14.1. The zero-order valence-corrected chi connectivity index (χ0v) is 15.1. The predicted octanol–water partition coefficient (Wildman–Crippen LogP) is 4.35. The molecule has 2 atom stereocenters. The normalized spacial score (nSPS) is 27.6. The van der Waals surface area contributed by atoms with E-state index >= 15 is 0 Å². The molecule has 0 aromatic rings. The molecule has 114 valence electrons. The standard InChI is InChI=1S/C17H31NOSi/c1-17(2,3)20(5,6)19-11-7-8-14-12-15-9-10-16(13-14)18(15)4/h7,15-16H,9-13H2,1-6H3. The minimum Gasteiger partial charge on any atom is -0.413 e. The van der Waals surface area contributed by atoms with Crippen LogP contribution in [0.25, 0.3) is 0 Å². The molecule has 2 aliphatic rings. The van der Waals surface area contributed by atoms with E-state index in [-0.39, 0.29) is 0 Å². The molecule has 0 spiro atoms. The van der Waals surface area contributed by atoms with Crippen LogP contribution in [0, 0.1) is 0 Å². The molecule has 2 fully saturated rings. The summed E-state index contributed by atoms with van der Waals surface area (Å²) in [5.74, 6) is 0. The first-order valence-corrected chi connectivity index (χ1v) is 10.9. The molecule has 0 aromatic heterocycles. The highest BCUT2D eigenvalue weighted by atomic mass is 28.4. The first-order chi connectivity index (χ1) is 9.21. The second-order valence-corrected chi connectivity index (χ2v) is 12.8. The molecular weight excluding hydrogens is 262 g/mol. The van der Waals surface area contributed by atoms with Crippen molar-refractivity contribution in [3.8, 4) is 0 Å². The average Bonchev–Trinajstić information content (AvgIpc) is 2.57. The molecule has 0 radical (unpaired) electrons. The number of piperidine rings is 1. The van der Waals surface area contributed by atoms with E-state index in [2.05, 4.69) is 57.6 Å². The molecule has 2 heterocycles. The maximum atomic E-state index is 6.17. The van der Waals surface area contributed by atoms with Crippen molar-refractivity contribution in [1.82, 2.24) is 4.90 Å². The van der Waals surface area contributed by atoms with Crippen molar-refractivity contribution in [3.05, 3.63) is 17.4 Å². The molecule has 20 heavy (non-hydrogen) atoms. The van der Waals surface area contributed by atoms with E-state index in [1.807, 2.05) is 0 Å². The first-order valence-electron chi connectivity index (χ1n) is 7.99. The third-order valence-electron chi connectivity index (χ3n) is 5.59. The van der Waals surface area contributed by atoms with E-state index in [1.165, 1.54) is 31.3 Å². The van der Waals surface area contributed by atoms with Gasteiger partial charge >= 0.3 is 0 Å². The van der Waals surface area contributed by atoms with E-state index in [9.17, 15) is 0 Å². The van der Waals surface area contributed by atoms with E-state index in [0.717, 1.165) is 18.7 Å². The second kappa shape index (κ2) is 5.80. The quantitative estimate of drug-likeness (QED) is 0.567. The smallest absolute Gasteiger partial charge is 0.192 e. The minimum atomic E-state index is -1.61. The molecule has 2 saturated heterocycles. The second-order valence-electron chi connectivity index (χ2n) is 7.98. The summed E-state index contributed by atoms with van der Waals surface area (Å²) in [6.07, 6.45) is 7.29. The molecule has 2 rings (SSSR count). The summed E-state index contributed by atoms with van der Waals surface area (Å²) < 4.78 is 6.17. The Bertz CT molecular complexity index is 399. The lowest BCUT2D eigenvalue weighted by atomic mass is 9.98.